The smallest absolute Gasteiger partial charge is 0.352 e. The highest BCUT2D eigenvalue weighted by atomic mass is 35.5. The number of imide groups is 1. The second-order valence-electron chi connectivity index (χ2n) is 17.3. The van der Waals surface area contributed by atoms with Gasteiger partial charge in [-0.15, -0.1) is 0 Å². The summed E-state index contributed by atoms with van der Waals surface area (Å²) in [4.78, 5) is 69.5. The lowest BCUT2D eigenvalue weighted by atomic mass is 9.98. The zero-order valence-corrected chi connectivity index (χ0v) is 37.8. The summed E-state index contributed by atoms with van der Waals surface area (Å²) in [5.74, 6) is -1.34. The number of aryl methyl sites for hydroxylation is 5. The van der Waals surface area contributed by atoms with E-state index >= 15 is 0 Å². The Hall–Kier alpha value is -6.03. The fourth-order valence-electron chi connectivity index (χ4n) is 9.60. The number of hydrogen-bond donors (Lipinski definition) is 3. The minimum atomic E-state index is -0.972. The van der Waals surface area contributed by atoms with Gasteiger partial charge in [0.15, 0.2) is 0 Å². The molecule has 2 aromatic heterocycles. The van der Waals surface area contributed by atoms with E-state index in [-0.39, 0.29) is 42.9 Å². The van der Waals surface area contributed by atoms with Crippen LogP contribution in [0.2, 0.25) is 5.02 Å². The van der Waals surface area contributed by atoms with Crippen LogP contribution < -0.4 is 15.4 Å². The van der Waals surface area contributed by atoms with E-state index in [1.807, 2.05) is 80.4 Å². The Morgan fingerprint density at radius 2 is 1.69 bits per heavy atom. The summed E-state index contributed by atoms with van der Waals surface area (Å²) >= 11 is 6.38. The van der Waals surface area contributed by atoms with Crippen molar-refractivity contribution < 1.29 is 33.8 Å². The monoisotopic (exact) mass is 890 g/mol. The van der Waals surface area contributed by atoms with E-state index in [0.29, 0.717) is 64.2 Å². The first-order valence-electron chi connectivity index (χ1n) is 21.9. The molecule has 1 unspecified atom stereocenters. The number of nitrogens with zero attached hydrogens (tertiary/aromatic N) is 6. The summed E-state index contributed by atoms with van der Waals surface area (Å²) in [7, 11) is 1.92. The number of piperidine rings is 1. The van der Waals surface area contributed by atoms with Crippen molar-refractivity contribution >= 4 is 52.1 Å². The molecule has 1 atom stereocenters. The lowest BCUT2D eigenvalue weighted by Gasteiger charge is -2.34. The number of carboxylic acid groups (broad SMARTS) is 1. The van der Waals surface area contributed by atoms with Crippen molar-refractivity contribution in [3.63, 3.8) is 0 Å². The van der Waals surface area contributed by atoms with Gasteiger partial charge < -0.3 is 24.6 Å². The van der Waals surface area contributed by atoms with Crippen LogP contribution in [0.25, 0.3) is 22.0 Å². The predicted molar refractivity (Wildman–Crippen MR) is 243 cm³/mol. The Labute approximate surface area is 377 Å². The van der Waals surface area contributed by atoms with Gasteiger partial charge in [0, 0.05) is 98.6 Å². The van der Waals surface area contributed by atoms with Gasteiger partial charge in [0.25, 0.3) is 5.91 Å². The molecule has 3 aliphatic rings. The molecule has 2 fully saturated rings. The fraction of sp³-hybridized carbons (Fsp3) is 0.417. The van der Waals surface area contributed by atoms with Crippen LogP contribution in [0.15, 0.2) is 48.5 Å². The summed E-state index contributed by atoms with van der Waals surface area (Å²) in [6, 6.07) is 14.7. The van der Waals surface area contributed by atoms with Gasteiger partial charge in [-0.2, -0.15) is 5.10 Å². The normalized spacial score (nSPS) is 17.0. The van der Waals surface area contributed by atoms with E-state index in [9.17, 15) is 29.1 Å². The second kappa shape index (κ2) is 18.6. The highest BCUT2D eigenvalue weighted by Crippen LogP contribution is 2.38. The number of rotatable bonds is 15. The van der Waals surface area contributed by atoms with Crippen LogP contribution in [0.4, 0.5) is 0 Å². The topological polar surface area (TPSA) is 171 Å². The molecule has 336 valence electrons. The fourth-order valence-corrected chi connectivity index (χ4v) is 9.71. The molecule has 0 saturated carbocycles. The van der Waals surface area contributed by atoms with Crippen molar-refractivity contribution in [1.82, 2.24) is 39.7 Å². The molecular weight excluding hydrogens is 836 g/mol. The predicted octanol–water partition coefficient (Wildman–Crippen LogP) is 5.33. The third kappa shape index (κ3) is 9.01. The van der Waals surface area contributed by atoms with Gasteiger partial charge in [-0.1, -0.05) is 41.9 Å². The molecule has 3 N–H and O–H groups in total. The van der Waals surface area contributed by atoms with Crippen molar-refractivity contribution in [2.75, 3.05) is 45.9 Å². The molecule has 16 heteroatoms. The van der Waals surface area contributed by atoms with Gasteiger partial charge in [-0.05, 0) is 93.0 Å². The van der Waals surface area contributed by atoms with Crippen LogP contribution >= 0.6 is 11.6 Å². The zero-order chi connectivity index (χ0) is 45.4. The SMILES string of the molecule is Cc1cc(OCCCc2c(C(=O)O)n(CCN3CCN(CC(=O)NCc4ccc5c(c4)CN(C4CCC(=O)NC4=O)C5=O)CC3)c3c(-c4c(C)nn(C)c4C)cccc23)cc(C)c1Cl. The standard InChI is InChI=1S/C48H55ClN8O7/c1-28-22-34(23-29(2)43(28)49)64-21-7-10-37-36-8-6-9-38(42-30(3)52-53(5)31(42)4)44(36)56(45(37)48(62)63)20-19-54-15-17-55(18-16-54)27-41(59)50-25-32-11-12-35-33(24-32)26-57(47(35)61)39-13-14-40(58)51-46(39)60/h6,8-9,11-12,22-24,39H,7,10,13-21,25-27H2,1-5H3,(H,50,59)(H,62,63)(H,51,58,60). The molecule has 0 aliphatic carbocycles. The molecule has 0 bridgehead atoms. The maximum absolute atomic E-state index is 13.3. The first-order valence-corrected chi connectivity index (χ1v) is 22.3. The summed E-state index contributed by atoms with van der Waals surface area (Å²) in [6.45, 7) is 13.0. The number of ether oxygens (including phenoxy) is 1. The lowest BCUT2D eigenvalue weighted by Crippen LogP contribution is -2.52. The zero-order valence-electron chi connectivity index (χ0n) is 37.1. The van der Waals surface area contributed by atoms with Crippen LogP contribution in [0.1, 0.15) is 79.3 Å². The van der Waals surface area contributed by atoms with Crippen LogP contribution in [0.3, 0.4) is 0 Å². The number of benzene rings is 3. The number of halogens is 1. The third-order valence-electron chi connectivity index (χ3n) is 13.0. The maximum Gasteiger partial charge on any atom is 0.352 e. The van der Waals surface area contributed by atoms with Gasteiger partial charge in [-0.25, -0.2) is 4.79 Å². The summed E-state index contributed by atoms with van der Waals surface area (Å²) < 4.78 is 9.99. The van der Waals surface area contributed by atoms with E-state index in [1.54, 1.807) is 6.07 Å². The van der Waals surface area contributed by atoms with Crippen molar-refractivity contribution in [2.45, 2.75) is 79.1 Å². The molecule has 3 aliphatic heterocycles. The van der Waals surface area contributed by atoms with E-state index in [2.05, 4.69) is 26.5 Å². The molecule has 3 aromatic carbocycles. The quantitative estimate of drug-likeness (QED) is 0.0922. The highest BCUT2D eigenvalue weighted by molar-refractivity contribution is 6.32. The molecule has 15 nitrogen and oxygen atoms in total. The van der Waals surface area contributed by atoms with Crippen molar-refractivity contribution in [3.8, 4) is 16.9 Å². The Bertz CT molecular complexity index is 2660. The molecule has 0 radical (unpaired) electrons. The van der Waals surface area contributed by atoms with Crippen molar-refractivity contribution in [3.05, 3.63) is 104 Å². The summed E-state index contributed by atoms with van der Waals surface area (Å²) in [5.41, 5.74) is 9.86. The first kappa shape index (κ1) is 44.6. The Balaban J connectivity index is 0.904. The minimum absolute atomic E-state index is 0.107. The molecule has 0 spiro atoms. The average molecular weight is 891 g/mol. The molecule has 64 heavy (non-hydrogen) atoms. The molecule has 4 amide bonds. The minimum Gasteiger partial charge on any atom is -0.494 e. The Morgan fingerprint density at radius 1 is 0.953 bits per heavy atom. The number of para-hydroxylation sites is 1. The molecule has 8 rings (SSSR count). The summed E-state index contributed by atoms with van der Waals surface area (Å²) in [5, 5.41) is 22.5. The number of amides is 4. The van der Waals surface area contributed by atoms with E-state index in [1.165, 1.54) is 4.90 Å². The van der Waals surface area contributed by atoms with Crippen LogP contribution in [0.5, 0.6) is 5.75 Å². The third-order valence-corrected chi connectivity index (χ3v) is 13.6. The average Bonchev–Trinajstić information content (AvgIpc) is 3.86. The van der Waals surface area contributed by atoms with Gasteiger partial charge in [0.05, 0.1) is 24.4 Å². The second-order valence-corrected chi connectivity index (χ2v) is 17.6. The van der Waals surface area contributed by atoms with Gasteiger partial charge in [-0.3, -0.25) is 39.0 Å². The van der Waals surface area contributed by atoms with Crippen molar-refractivity contribution in [2.24, 2.45) is 7.05 Å². The van der Waals surface area contributed by atoms with Gasteiger partial charge >= 0.3 is 5.97 Å². The lowest BCUT2D eigenvalue weighted by molar-refractivity contribution is -0.137. The van der Waals surface area contributed by atoms with Crippen LogP contribution in [-0.2, 0) is 47.5 Å². The Kier molecular flexibility index (Phi) is 12.9. The number of aromatic nitrogens is 3. The molecule has 5 heterocycles. The number of fused-ring (bicyclic) bond motifs is 2. The highest BCUT2D eigenvalue weighted by Gasteiger charge is 2.39. The van der Waals surface area contributed by atoms with Gasteiger partial charge in [0.2, 0.25) is 17.7 Å². The maximum atomic E-state index is 13.3. The first-order chi connectivity index (χ1) is 30.7. The van der Waals surface area contributed by atoms with E-state index in [4.69, 9.17) is 21.4 Å². The largest absolute Gasteiger partial charge is 0.494 e. The number of nitrogens with one attached hydrogen (secondary N) is 2. The number of piperazine rings is 1. The molecular formula is C48H55ClN8O7. The van der Waals surface area contributed by atoms with Crippen LogP contribution in [0, 0.1) is 27.7 Å². The number of aromatic carboxylic acids is 1. The van der Waals surface area contributed by atoms with Crippen LogP contribution in [-0.4, -0.2) is 116 Å². The number of hydrogen-bond acceptors (Lipinski definition) is 9. The van der Waals surface area contributed by atoms with Crippen molar-refractivity contribution in [1.29, 1.82) is 0 Å². The molecule has 5 aromatic rings. The van der Waals surface area contributed by atoms with E-state index < -0.39 is 17.9 Å². The number of carbonyl (C=O) groups is 5. The van der Waals surface area contributed by atoms with E-state index in [0.717, 1.165) is 85.1 Å². The van der Waals surface area contributed by atoms with Gasteiger partial charge in [0.1, 0.15) is 17.5 Å². The summed E-state index contributed by atoms with van der Waals surface area (Å²) in [6.07, 6.45) is 1.63. The number of carbonyl (C=O) groups excluding carboxylic acids is 4. The number of carboxylic acids is 1. The molecule has 2 saturated heterocycles. The Morgan fingerprint density at radius 3 is 2.38 bits per heavy atom.